The van der Waals surface area contributed by atoms with Crippen molar-refractivity contribution in [3.05, 3.63) is 94.0 Å². The maximum Gasteiger partial charge on any atom is 0.248 e. The smallest absolute Gasteiger partial charge is 0.248 e. The summed E-state index contributed by atoms with van der Waals surface area (Å²) in [6.45, 7) is 1.70. The second kappa shape index (κ2) is 10.4. The van der Waals surface area contributed by atoms with Gasteiger partial charge in [0.1, 0.15) is 6.04 Å². The molecule has 1 atom stereocenters. The normalized spacial score (nSPS) is 12.1. The zero-order valence-electron chi connectivity index (χ0n) is 18.0. The van der Waals surface area contributed by atoms with E-state index in [4.69, 9.17) is 23.2 Å². The van der Waals surface area contributed by atoms with Gasteiger partial charge in [0, 0.05) is 21.2 Å². The number of hydrogen-bond donors (Lipinski definition) is 1. The Labute approximate surface area is 203 Å². The van der Waals surface area contributed by atoms with Gasteiger partial charge in [0.15, 0.2) is 5.78 Å². The van der Waals surface area contributed by atoms with E-state index < -0.39 is 22.0 Å². The summed E-state index contributed by atoms with van der Waals surface area (Å²) < 4.78 is 26.3. The molecule has 0 aliphatic heterocycles. The third-order valence-electron chi connectivity index (χ3n) is 4.91. The summed E-state index contributed by atoms with van der Waals surface area (Å²) in [7, 11) is -3.83. The summed E-state index contributed by atoms with van der Waals surface area (Å²) in [5.41, 5.74) is 1.13. The first-order valence-corrected chi connectivity index (χ1v) is 12.7. The molecule has 3 aromatic carbocycles. The van der Waals surface area contributed by atoms with Crippen LogP contribution in [-0.2, 0) is 14.8 Å². The Bertz CT molecular complexity index is 1280. The fourth-order valence-electron chi connectivity index (χ4n) is 3.45. The third-order valence-corrected chi connectivity index (χ3v) is 6.56. The number of carbonyl (C=O) groups is 2. The average Bonchev–Trinajstić information content (AvgIpc) is 2.77. The van der Waals surface area contributed by atoms with Crippen LogP contribution in [0.4, 0.5) is 11.4 Å². The first-order valence-electron chi connectivity index (χ1n) is 10.1. The average molecular weight is 505 g/mol. The molecule has 0 bridgehead atoms. The quantitative estimate of drug-likeness (QED) is 0.415. The van der Waals surface area contributed by atoms with Gasteiger partial charge in [0.05, 0.1) is 17.6 Å². The van der Waals surface area contributed by atoms with Crippen molar-refractivity contribution in [3.63, 3.8) is 0 Å². The Hall–Kier alpha value is -2.87. The van der Waals surface area contributed by atoms with E-state index in [2.05, 4.69) is 5.32 Å². The molecule has 0 heterocycles. The van der Waals surface area contributed by atoms with Crippen LogP contribution >= 0.6 is 23.2 Å². The van der Waals surface area contributed by atoms with Gasteiger partial charge in [-0.15, -0.1) is 0 Å². The zero-order valence-corrected chi connectivity index (χ0v) is 20.3. The van der Waals surface area contributed by atoms with Crippen molar-refractivity contribution >= 4 is 56.3 Å². The van der Waals surface area contributed by atoms with E-state index in [-0.39, 0.29) is 29.1 Å². The molecule has 0 saturated carbocycles. The van der Waals surface area contributed by atoms with E-state index in [1.807, 2.05) is 0 Å². The van der Waals surface area contributed by atoms with Crippen LogP contribution in [0.5, 0.6) is 0 Å². The van der Waals surface area contributed by atoms with Crippen molar-refractivity contribution in [1.82, 2.24) is 0 Å². The molecule has 0 fully saturated rings. The number of halogens is 2. The van der Waals surface area contributed by atoms with Crippen LogP contribution in [0.1, 0.15) is 29.3 Å². The van der Waals surface area contributed by atoms with Crippen LogP contribution in [0.2, 0.25) is 10.0 Å². The lowest BCUT2D eigenvalue weighted by Crippen LogP contribution is -2.47. The molecule has 0 aliphatic carbocycles. The largest absolute Gasteiger partial charge is 0.324 e. The number of benzene rings is 3. The molecule has 9 heteroatoms. The summed E-state index contributed by atoms with van der Waals surface area (Å²) in [4.78, 5) is 26.4. The molecular formula is C24H22Cl2N2O4S. The fourth-order valence-corrected chi connectivity index (χ4v) is 5.01. The molecule has 1 N–H and O–H groups in total. The van der Waals surface area contributed by atoms with Gasteiger partial charge >= 0.3 is 0 Å². The number of carbonyl (C=O) groups excluding carboxylic acids is 2. The molecular weight excluding hydrogens is 483 g/mol. The highest BCUT2D eigenvalue weighted by molar-refractivity contribution is 7.92. The Morgan fingerprint density at radius 1 is 0.939 bits per heavy atom. The van der Waals surface area contributed by atoms with Crippen LogP contribution in [0, 0.1) is 0 Å². The Kier molecular flexibility index (Phi) is 7.79. The van der Waals surface area contributed by atoms with E-state index in [1.165, 1.54) is 18.2 Å². The van der Waals surface area contributed by atoms with Crippen molar-refractivity contribution in [2.24, 2.45) is 0 Å². The van der Waals surface area contributed by atoms with E-state index >= 15 is 0 Å². The summed E-state index contributed by atoms with van der Waals surface area (Å²) >= 11 is 12.2. The molecule has 0 radical (unpaired) electrons. The molecule has 0 spiro atoms. The van der Waals surface area contributed by atoms with Crippen molar-refractivity contribution in [1.29, 1.82) is 0 Å². The third kappa shape index (κ3) is 5.93. The molecule has 0 saturated heterocycles. The second-order valence-electron chi connectivity index (χ2n) is 7.34. The summed E-state index contributed by atoms with van der Waals surface area (Å²) in [5.74, 6) is -0.913. The SMILES string of the molecule is CCC(C(=O)Nc1ccc(Cl)cc1C(=O)c1ccccc1)N(c1cccc(Cl)c1)S(C)(=O)=O. The molecule has 0 aromatic heterocycles. The number of hydrogen-bond acceptors (Lipinski definition) is 4. The summed E-state index contributed by atoms with van der Waals surface area (Å²) in [6, 6.07) is 18.3. The lowest BCUT2D eigenvalue weighted by Gasteiger charge is -2.30. The number of nitrogens with zero attached hydrogens (tertiary/aromatic N) is 1. The molecule has 0 aliphatic rings. The highest BCUT2D eigenvalue weighted by Crippen LogP contribution is 2.28. The highest BCUT2D eigenvalue weighted by atomic mass is 35.5. The highest BCUT2D eigenvalue weighted by Gasteiger charge is 2.32. The summed E-state index contributed by atoms with van der Waals surface area (Å²) in [5, 5.41) is 3.39. The molecule has 3 rings (SSSR count). The first kappa shape index (κ1) is 24.8. The lowest BCUT2D eigenvalue weighted by molar-refractivity contribution is -0.117. The van der Waals surface area contributed by atoms with E-state index in [0.29, 0.717) is 15.6 Å². The molecule has 172 valence electrons. The maximum absolute atomic E-state index is 13.3. The van der Waals surface area contributed by atoms with Crippen molar-refractivity contribution in [3.8, 4) is 0 Å². The molecule has 1 amide bonds. The van der Waals surface area contributed by atoms with Gasteiger partial charge in [-0.1, -0.05) is 66.5 Å². The standard InChI is InChI=1S/C24H22Cl2N2O4S/c1-3-22(28(33(2,31)32)19-11-7-10-17(25)14-19)24(30)27-21-13-12-18(26)15-20(21)23(29)16-8-5-4-6-9-16/h4-15,22H,3H2,1-2H3,(H,27,30). The van der Waals surface area contributed by atoms with Gasteiger partial charge in [0.2, 0.25) is 15.9 Å². The van der Waals surface area contributed by atoms with Crippen LogP contribution in [0.25, 0.3) is 0 Å². The fraction of sp³-hybridized carbons (Fsp3) is 0.167. The number of sulfonamides is 1. The van der Waals surface area contributed by atoms with E-state index in [0.717, 1.165) is 10.6 Å². The van der Waals surface area contributed by atoms with Gasteiger partial charge < -0.3 is 5.32 Å². The molecule has 3 aromatic rings. The predicted molar refractivity (Wildman–Crippen MR) is 133 cm³/mol. The van der Waals surface area contributed by atoms with Gasteiger partial charge in [-0.05, 0) is 42.8 Å². The van der Waals surface area contributed by atoms with Gasteiger partial charge in [-0.2, -0.15) is 0 Å². The summed E-state index contributed by atoms with van der Waals surface area (Å²) in [6.07, 6.45) is 1.21. The van der Waals surface area contributed by atoms with E-state index in [9.17, 15) is 18.0 Å². The minimum atomic E-state index is -3.83. The Morgan fingerprint density at radius 2 is 1.61 bits per heavy atom. The van der Waals surface area contributed by atoms with Crippen LogP contribution in [0.3, 0.4) is 0 Å². The number of anilines is 2. The number of ketones is 1. The topological polar surface area (TPSA) is 83.6 Å². The molecule has 33 heavy (non-hydrogen) atoms. The maximum atomic E-state index is 13.3. The van der Waals surface area contributed by atoms with E-state index in [1.54, 1.807) is 61.5 Å². The molecule has 6 nitrogen and oxygen atoms in total. The Morgan fingerprint density at radius 3 is 2.21 bits per heavy atom. The van der Waals surface area contributed by atoms with Crippen LogP contribution in [-0.4, -0.2) is 32.4 Å². The second-order valence-corrected chi connectivity index (χ2v) is 10.1. The van der Waals surface area contributed by atoms with Crippen molar-refractivity contribution < 1.29 is 18.0 Å². The van der Waals surface area contributed by atoms with Crippen molar-refractivity contribution in [2.45, 2.75) is 19.4 Å². The van der Waals surface area contributed by atoms with Crippen LogP contribution < -0.4 is 9.62 Å². The van der Waals surface area contributed by atoms with Crippen LogP contribution in [0.15, 0.2) is 72.8 Å². The minimum Gasteiger partial charge on any atom is -0.324 e. The molecule has 1 unspecified atom stereocenters. The zero-order chi connectivity index (χ0) is 24.2. The minimum absolute atomic E-state index is 0.182. The lowest BCUT2D eigenvalue weighted by atomic mass is 10.0. The number of rotatable bonds is 8. The van der Waals surface area contributed by atoms with Gasteiger partial charge in [-0.3, -0.25) is 13.9 Å². The van der Waals surface area contributed by atoms with Gasteiger partial charge in [0.25, 0.3) is 0 Å². The predicted octanol–water partition coefficient (Wildman–Crippen LogP) is 5.41. The monoisotopic (exact) mass is 504 g/mol. The number of nitrogens with one attached hydrogen (secondary N) is 1. The first-order chi connectivity index (χ1) is 15.6. The Balaban J connectivity index is 1.99. The van der Waals surface area contributed by atoms with Gasteiger partial charge in [-0.25, -0.2) is 8.42 Å². The van der Waals surface area contributed by atoms with Crippen molar-refractivity contribution in [2.75, 3.05) is 15.9 Å². The number of amides is 1.